The maximum absolute atomic E-state index is 10.5. The molecule has 7 heteroatoms. The molecule has 2 aliphatic rings. The lowest BCUT2D eigenvalue weighted by Crippen LogP contribution is -2.33. The second-order valence-electron chi connectivity index (χ2n) is 7.66. The molecule has 1 N–H and O–H groups in total. The average molecular weight is 432 g/mol. The third-order valence-corrected chi connectivity index (χ3v) is 5.89. The molecule has 164 valence electrons. The number of para-hydroxylation sites is 1. The highest BCUT2D eigenvalue weighted by molar-refractivity contribution is 6.04. The van der Waals surface area contributed by atoms with E-state index in [0.717, 1.165) is 22.6 Å². The lowest BCUT2D eigenvalue weighted by atomic mass is 9.95. The highest BCUT2D eigenvalue weighted by Crippen LogP contribution is 2.51. The van der Waals surface area contributed by atoms with E-state index in [1.54, 1.807) is 39.5 Å². The van der Waals surface area contributed by atoms with Gasteiger partial charge >= 0.3 is 0 Å². The average Bonchev–Trinajstić information content (AvgIpc) is 3.29. The number of hydrazone groups is 1. The van der Waals surface area contributed by atoms with Crippen LogP contribution < -0.4 is 18.9 Å². The minimum atomic E-state index is -0.482. The third kappa shape index (κ3) is 3.26. The van der Waals surface area contributed by atoms with Crippen LogP contribution in [0.4, 0.5) is 0 Å². The Morgan fingerprint density at radius 1 is 0.938 bits per heavy atom. The number of benzene rings is 3. The first-order valence-corrected chi connectivity index (χ1v) is 10.3. The molecule has 0 aromatic heterocycles. The number of ether oxygens (including phenoxy) is 4. The molecule has 0 amide bonds. The van der Waals surface area contributed by atoms with Crippen LogP contribution >= 0.6 is 0 Å². The zero-order chi connectivity index (χ0) is 22.2. The molecular formula is C25H24N2O5. The third-order valence-electron chi connectivity index (χ3n) is 5.89. The van der Waals surface area contributed by atoms with Crippen molar-refractivity contribution in [1.29, 1.82) is 0 Å². The first kappa shape index (κ1) is 20.1. The summed E-state index contributed by atoms with van der Waals surface area (Å²) >= 11 is 0. The van der Waals surface area contributed by atoms with Crippen molar-refractivity contribution in [2.75, 3.05) is 21.3 Å². The number of hydrogen-bond donors (Lipinski definition) is 1. The number of fused-ring (bicyclic) bond motifs is 3. The van der Waals surface area contributed by atoms with E-state index in [2.05, 4.69) is 0 Å². The minimum absolute atomic E-state index is 0.0781. The van der Waals surface area contributed by atoms with Gasteiger partial charge in [-0.05, 0) is 36.4 Å². The van der Waals surface area contributed by atoms with Gasteiger partial charge in [0.05, 0.1) is 33.1 Å². The standard InChI is InChI=1S/C25H24N2O5/c1-29-16-7-4-6-15(12-16)25-27-21(18-8-5-9-23(31-3)24(18)32-25)14-20(26-27)19-13-17(30-2)10-11-22(19)28/h4-13,21,25,28H,14H2,1-3H3/t21-,25-/m0/s1. The van der Waals surface area contributed by atoms with E-state index in [1.165, 1.54) is 0 Å². The molecule has 0 saturated heterocycles. The summed E-state index contributed by atoms with van der Waals surface area (Å²) in [5.74, 6) is 2.94. The lowest BCUT2D eigenvalue weighted by molar-refractivity contribution is -0.0210. The predicted octanol–water partition coefficient (Wildman–Crippen LogP) is 4.66. The smallest absolute Gasteiger partial charge is 0.214 e. The highest BCUT2D eigenvalue weighted by atomic mass is 16.5. The maximum Gasteiger partial charge on any atom is 0.214 e. The summed E-state index contributed by atoms with van der Waals surface area (Å²) in [6.45, 7) is 0. The summed E-state index contributed by atoms with van der Waals surface area (Å²) in [5.41, 5.74) is 3.31. The molecule has 5 rings (SSSR count). The van der Waals surface area contributed by atoms with Gasteiger partial charge in [0.2, 0.25) is 6.23 Å². The summed E-state index contributed by atoms with van der Waals surface area (Å²) in [7, 11) is 4.88. The van der Waals surface area contributed by atoms with Gasteiger partial charge in [-0.25, -0.2) is 5.01 Å². The fourth-order valence-corrected chi connectivity index (χ4v) is 4.30. The Labute approximate surface area is 186 Å². The molecule has 0 unspecified atom stereocenters. The van der Waals surface area contributed by atoms with E-state index >= 15 is 0 Å². The molecule has 0 fully saturated rings. The largest absolute Gasteiger partial charge is 0.507 e. The summed E-state index contributed by atoms with van der Waals surface area (Å²) in [5, 5.41) is 17.4. The molecular weight excluding hydrogens is 408 g/mol. The fourth-order valence-electron chi connectivity index (χ4n) is 4.30. The molecule has 2 heterocycles. The Bertz CT molecular complexity index is 1190. The molecule has 2 atom stereocenters. The van der Waals surface area contributed by atoms with Crippen LogP contribution in [-0.4, -0.2) is 37.2 Å². The van der Waals surface area contributed by atoms with E-state index < -0.39 is 6.23 Å². The van der Waals surface area contributed by atoms with Crippen LogP contribution in [0.3, 0.4) is 0 Å². The van der Waals surface area contributed by atoms with Gasteiger partial charge in [0.25, 0.3) is 0 Å². The molecule has 0 bridgehead atoms. The second kappa shape index (κ2) is 8.00. The number of aromatic hydroxyl groups is 1. The zero-order valence-electron chi connectivity index (χ0n) is 18.1. The van der Waals surface area contributed by atoms with Crippen molar-refractivity contribution < 1.29 is 24.1 Å². The SMILES string of the molecule is COc1cccc([C@@H]2Oc3c(OC)cccc3[C@@H]3CC(c4cc(OC)ccc4O)=NN32)c1. The lowest BCUT2D eigenvalue weighted by Gasteiger charge is -2.38. The maximum atomic E-state index is 10.5. The van der Waals surface area contributed by atoms with Crippen LogP contribution in [0, 0.1) is 0 Å². The normalized spacial score (nSPS) is 18.8. The minimum Gasteiger partial charge on any atom is -0.507 e. The Hall–Kier alpha value is -3.87. The fraction of sp³-hybridized carbons (Fsp3) is 0.240. The second-order valence-corrected chi connectivity index (χ2v) is 7.66. The van der Waals surface area contributed by atoms with Crippen molar-refractivity contribution in [2.24, 2.45) is 5.10 Å². The van der Waals surface area contributed by atoms with Crippen molar-refractivity contribution in [3.05, 3.63) is 77.4 Å². The zero-order valence-corrected chi connectivity index (χ0v) is 18.1. The molecule has 0 aliphatic carbocycles. The first-order chi connectivity index (χ1) is 15.6. The van der Waals surface area contributed by atoms with Crippen LogP contribution in [0.25, 0.3) is 0 Å². The number of nitrogens with zero attached hydrogens (tertiary/aromatic N) is 2. The van der Waals surface area contributed by atoms with E-state index in [4.69, 9.17) is 24.0 Å². The van der Waals surface area contributed by atoms with Crippen molar-refractivity contribution in [1.82, 2.24) is 5.01 Å². The Balaban J connectivity index is 1.63. The van der Waals surface area contributed by atoms with Crippen LogP contribution in [0.15, 0.2) is 65.8 Å². The van der Waals surface area contributed by atoms with E-state index in [-0.39, 0.29) is 11.8 Å². The molecule has 0 saturated carbocycles. The number of rotatable bonds is 5. The molecule has 0 spiro atoms. The van der Waals surface area contributed by atoms with Gasteiger partial charge in [-0.15, -0.1) is 0 Å². The van der Waals surface area contributed by atoms with Crippen LogP contribution in [-0.2, 0) is 0 Å². The highest BCUT2D eigenvalue weighted by Gasteiger charge is 2.42. The number of hydrogen-bond acceptors (Lipinski definition) is 7. The summed E-state index contributed by atoms with van der Waals surface area (Å²) in [6.07, 6.45) is 0.120. The van der Waals surface area contributed by atoms with Crippen molar-refractivity contribution in [2.45, 2.75) is 18.7 Å². The molecule has 0 radical (unpaired) electrons. The number of phenols is 1. The van der Waals surface area contributed by atoms with E-state index in [1.807, 2.05) is 47.5 Å². The summed E-state index contributed by atoms with van der Waals surface area (Å²) < 4.78 is 22.8. The van der Waals surface area contributed by atoms with Crippen molar-refractivity contribution in [3.63, 3.8) is 0 Å². The van der Waals surface area contributed by atoms with Gasteiger partial charge in [-0.3, -0.25) is 0 Å². The van der Waals surface area contributed by atoms with Crippen LogP contribution in [0.5, 0.6) is 28.7 Å². The molecule has 3 aromatic carbocycles. The van der Waals surface area contributed by atoms with Crippen LogP contribution in [0.1, 0.15) is 35.4 Å². The van der Waals surface area contributed by atoms with Gasteiger partial charge < -0.3 is 24.1 Å². The van der Waals surface area contributed by atoms with Gasteiger partial charge in [0, 0.05) is 23.1 Å². The molecule has 7 nitrogen and oxygen atoms in total. The summed E-state index contributed by atoms with van der Waals surface area (Å²) in [6, 6.07) is 18.7. The summed E-state index contributed by atoms with van der Waals surface area (Å²) in [4.78, 5) is 0. The van der Waals surface area contributed by atoms with Gasteiger partial charge in [0.1, 0.15) is 17.2 Å². The van der Waals surface area contributed by atoms with E-state index in [0.29, 0.717) is 29.2 Å². The Kier molecular flexibility index (Phi) is 5.01. The Morgan fingerprint density at radius 2 is 1.72 bits per heavy atom. The van der Waals surface area contributed by atoms with Crippen LogP contribution in [0.2, 0.25) is 0 Å². The molecule has 32 heavy (non-hydrogen) atoms. The first-order valence-electron chi connectivity index (χ1n) is 10.3. The van der Waals surface area contributed by atoms with Crippen molar-refractivity contribution >= 4 is 5.71 Å². The number of phenolic OH excluding ortho intramolecular Hbond substituents is 1. The van der Waals surface area contributed by atoms with E-state index in [9.17, 15) is 5.11 Å². The quantitative estimate of drug-likeness (QED) is 0.632. The Morgan fingerprint density at radius 3 is 2.50 bits per heavy atom. The predicted molar refractivity (Wildman–Crippen MR) is 120 cm³/mol. The topological polar surface area (TPSA) is 72.8 Å². The van der Waals surface area contributed by atoms with Crippen molar-refractivity contribution in [3.8, 4) is 28.7 Å². The van der Waals surface area contributed by atoms with Gasteiger partial charge in [-0.1, -0.05) is 24.3 Å². The molecule has 3 aromatic rings. The molecule has 2 aliphatic heterocycles. The monoisotopic (exact) mass is 432 g/mol. The van der Waals surface area contributed by atoms with Gasteiger partial charge in [-0.2, -0.15) is 5.10 Å². The number of methoxy groups -OCH3 is 3. The van der Waals surface area contributed by atoms with Gasteiger partial charge in [0.15, 0.2) is 11.5 Å².